The van der Waals surface area contributed by atoms with Gasteiger partial charge in [0.25, 0.3) is 0 Å². The Balaban J connectivity index is 2.06. The summed E-state index contributed by atoms with van der Waals surface area (Å²) >= 11 is 0. The van der Waals surface area contributed by atoms with E-state index in [0.717, 1.165) is 14.7 Å². The number of benzene rings is 1. The van der Waals surface area contributed by atoms with Crippen molar-refractivity contribution in [2.24, 2.45) is 0 Å². The lowest BCUT2D eigenvalue weighted by Gasteiger charge is -2.21. The van der Waals surface area contributed by atoms with Crippen LogP contribution in [-0.2, 0) is 16.1 Å². The molecular weight excluding hydrogens is 317 g/mol. The Morgan fingerprint density at radius 2 is 1.88 bits per heavy atom. The predicted molar refractivity (Wildman–Crippen MR) is 82.6 cm³/mol. The molecule has 1 heterocycles. The van der Waals surface area contributed by atoms with Crippen LogP contribution in [0.1, 0.15) is 19.4 Å². The number of hydrogen-bond donors (Lipinski definition) is 1. The maximum absolute atomic E-state index is 13.7. The smallest absolute Gasteiger partial charge is 0.338 e. The summed E-state index contributed by atoms with van der Waals surface area (Å²) in [6, 6.07) is 3.59. The van der Waals surface area contributed by atoms with E-state index in [1.807, 2.05) is 0 Å². The number of carbonyl (C=O) groups excluding carboxylic acids is 3. The van der Waals surface area contributed by atoms with Gasteiger partial charge in [-0.2, -0.15) is 0 Å². The van der Waals surface area contributed by atoms with E-state index in [0.29, 0.717) is 12.1 Å². The molecule has 0 bridgehead atoms. The highest BCUT2D eigenvalue weighted by molar-refractivity contribution is 6.44. The summed E-state index contributed by atoms with van der Waals surface area (Å²) < 4.78 is 18.6. The first-order valence-corrected chi connectivity index (χ1v) is 7.59. The molecule has 1 atom stereocenters. The van der Waals surface area contributed by atoms with Gasteiger partial charge in [0.05, 0.1) is 14.2 Å². The molecule has 0 aliphatic carbocycles. The fraction of sp³-hybridized carbons (Fsp3) is 0.438. The molecule has 24 heavy (non-hydrogen) atoms. The van der Waals surface area contributed by atoms with E-state index < -0.39 is 23.7 Å². The fourth-order valence-corrected chi connectivity index (χ4v) is 2.61. The lowest BCUT2D eigenvalue weighted by Crippen LogP contribution is -3.09. The van der Waals surface area contributed by atoms with E-state index in [9.17, 15) is 18.8 Å². The second-order valence-corrected chi connectivity index (χ2v) is 6.05. The third kappa shape index (κ3) is 3.38. The fourth-order valence-electron chi connectivity index (χ4n) is 2.61. The number of imide groups is 2. The van der Waals surface area contributed by atoms with Crippen LogP contribution in [0.2, 0.25) is 0 Å². The molecule has 8 heteroatoms. The van der Waals surface area contributed by atoms with Crippen molar-refractivity contribution >= 4 is 17.8 Å². The predicted octanol–water partition coefficient (Wildman–Crippen LogP) is 0.00570. The van der Waals surface area contributed by atoms with Crippen LogP contribution in [0.25, 0.3) is 0 Å². The van der Waals surface area contributed by atoms with E-state index in [4.69, 9.17) is 4.74 Å². The summed E-state index contributed by atoms with van der Waals surface area (Å²) in [7, 11) is 3.14. The molecule has 0 aromatic heterocycles. The number of amides is 4. The first-order valence-electron chi connectivity index (χ1n) is 7.59. The van der Waals surface area contributed by atoms with Crippen LogP contribution in [0, 0.1) is 5.82 Å². The van der Waals surface area contributed by atoms with Crippen molar-refractivity contribution in [3.63, 3.8) is 0 Å². The summed E-state index contributed by atoms with van der Waals surface area (Å²) in [4.78, 5) is 38.7. The number of urea groups is 1. The van der Waals surface area contributed by atoms with Gasteiger partial charge >= 0.3 is 17.8 Å². The van der Waals surface area contributed by atoms with Crippen molar-refractivity contribution in [3.8, 4) is 5.75 Å². The molecule has 1 aliphatic rings. The summed E-state index contributed by atoms with van der Waals surface area (Å²) in [6.07, 6.45) is 0. The lowest BCUT2D eigenvalue weighted by atomic mass is 10.2. The van der Waals surface area contributed by atoms with Crippen molar-refractivity contribution in [2.45, 2.75) is 26.4 Å². The first kappa shape index (κ1) is 17.9. The number of halogens is 1. The van der Waals surface area contributed by atoms with Gasteiger partial charge < -0.3 is 9.64 Å². The normalized spacial score (nSPS) is 16.3. The van der Waals surface area contributed by atoms with Gasteiger partial charge in [-0.3, -0.25) is 14.5 Å². The van der Waals surface area contributed by atoms with Gasteiger partial charge in [-0.25, -0.2) is 14.1 Å². The number of nitrogens with zero attached hydrogens (tertiary/aromatic N) is 2. The number of hydrogen-bond acceptors (Lipinski definition) is 4. The largest absolute Gasteiger partial charge is 0.494 e. The third-order valence-electron chi connectivity index (χ3n) is 3.75. The molecule has 1 aromatic carbocycles. The topological polar surface area (TPSA) is 71.4 Å². The minimum atomic E-state index is -0.825. The number of rotatable bonds is 6. The van der Waals surface area contributed by atoms with E-state index >= 15 is 0 Å². The third-order valence-corrected chi connectivity index (χ3v) is 3.75. The van der Waals surface area contributed by atoms with Crippen LogP contribution in [-0.4, -0.2) is 54.5 Å². The minimum Gasteiger partial charge on any atom is -0.494 e. The van der Waals surface area contributed by atoms with Crippen molar-refractivity contribution in [3.05, 3.63) is 29.6 Å². The lowest BCUT2D eigenvalue weighted by molar-refractivity contribution is -0.901. The highest BCUT2D eigenvalue weighted by Gasteiger charge is 2.46. The number of quaternary nitrogens is 1. The van der Waals surface area contributed by atoms with Crippen LogP contribution in [0.15, 0.2) is 18.2 Å². The Bertz CT molecular complexity index is 677. The summed E-state index contributed by atoms with van der Waals surface area (Å²) in [5.74, 6) is -1.95. The van der Waals surface area contributed by atoms with Crippen LogP contribution < -0.4 is 9.64 Å². The average molecular weight is 338 g/mol. The Kier molecular flexibility index (Phi) is 5.18. The van der Waals surface area contributed by atoms with Crippen molar-refractivity contribution in [2.75, 3.05) is 20.8 Å². The van der Waals surface area contributed by atoms with Gasteiger partial charge in [0, 0.05) is 11.6 Å². The van der Waals surface area contributed by atoms with Gasteiger partial charge in [0.1, 0.15) is 6.54 Å². The molecule has 1 N–H and O–H groups in total. The second-order valence-electron chi connectivity index (χ2n) is 6.05. The molecule has 0 spiro atoms. The van der Waals surface area contributed by atoms with Crippen LogP contribution in [0.3, 0.4) is 0 Å². The van der Waals surface area contributed by atoms with Crippen molar-refractivity contribution in [1.29, 1.82) is 0 Å². The molecule has 130 valence electrons. The second kappa shape index (κ2) is 6.96. The molecule has 1 fully saturated rings. The minimum absolute atomic E-state index is 0.0281. The van der Waals surface area contributed by atoms with Gasteiger partial charge in [-0.05, 0) is 32.0 Å². The molecule has 1 aliphatic heterocycles. The highest BCUT2D eigenvalue weighted by Crippen LogP contribution is 2.17. The Hall–Kier alpha value is -2.48. The zero-order valence-corrected chi connectivity index (χ0v) is 14.1. The highest BCUT2D eigenvalue weighted by atomic mass is 19.1. The van der Waals surface area contributed by atoms with Crippen LogP contribution in [0.4, 0.5) is 9.18 Å². The van der Waals surface area contributed by atoms with E-state index in [1.165, 1.54) is 19.2 Å². The Morgan fingerprint density at radius 1 is 1.21 bits per heavy atom. The standard InChI is InChI=1S/C16H20FN3O4/c1-10(2)20-15(22)14(21)19(16(20)23)9-18(3)8-11-5-6-13(24-4)12(17)7-11/h5-7,10H,8-9H2,1-4H3/p+1. The molecule has 1 saturated heterocycles. The summed E-state index contributed by atoms with van der Waals surface area (Å²) in [5, 5.41) is 0. The molecule has 2 rings (SSSR count). The van der Waals surface area contributed by atoms with Crippen molar-refractivity contribution in [1.82, 2.24) is 9.80 Å². The Labute approximate surface area is 139 Å². The Morgan fingerprint density at radius 3 is 2.38 bits per heavy atom. The molecule has 1 aromatic rings. The maximum Gasteiger partial charge on any atom is 0.338 e. The molecule has 0 radical (unpaired) electrons. The molecule has 7 nitrogen and oxygen atoms in total. The average Bonchev–Trinajstić information content (AvgIpc) is 2.71. The van der Waals surface area contributed by atoms with E-state index in [1.54, 1.807) is 27.0 Å². The quantitative estimate of drug-likeness (QED) is 0.586. The van der Waals surface area contributed by atoms with Gasteiger partial charge in [0.15, 0.2) is 18.2 Å². The maximum atomic E-state index is 13.7. The monoisotopic (exact) mass is 338 g/mol. The number of methoxy groups -OCH3 is 1. The van der Waals surface area contributed by atoms with Crippen LogP contribution >= 0.6 is 0 Å². The van der Waals surface area contributed by atoms with Crippen molar-refractivity contribution < 1.29 is 28.4 Å². The van der Waals surface area contributed by atoms with Gasteiger partial charge in [-0.1, -0.05) is 0 Å². The number of ether oxygens (including phenoxy) is 1. The zero-order valence-electron chi connectivity index (χ0n) is 14.1. The van der Waals surface area contributed by atoms with Gasteiger partial charge in [-0.15, -0.1) is 0 Å². The summed E-state index contributed by atoms with van der Waals surface area (Å²) in [6.45, 7) is 3.75. The van der Waals surface area contributed by atoms with E-state index in [-0.39, 0.29) is 18.5 Å². The number of carbonyl (C=O) groups is 3. The van der Waals surface area contributed by atoms with Gasteiger partial charge in [0.2, 0.25) is 0 Å². The SMILES string of the molecule is COc1ccc(C[NH+](C)CN2C(=O)C(=O)N(C(C)C)C2=O)cc1F. The van der Waals surface area contributed by atoms with E-state index in [2.05, 4.69) is 0 Å². The zero-order chi connectivity index (χ0) is 18.0. The first-order chi connectivity index (χ1) is 11.3. The number of nitrogens with one attached hydrogen (secondary N) is 1. The molecule has 4 amide bonds. The molecule has 0 saturated carbocycles. The molecule has 1 unspecified atom stereocenters. The summed E-state index contributed by atoms with van der Waals surface area (Å²) in [5.41, 5.74) is 0.692. The molecular formula is C16H21FN3O4+. The van der Waals surface area contributed by atoms with Crippen LogP contribution in [0.5, 0.6) is 5.75 Å².